The molecule has 2 fully saturated rings. The van der Waals surface area contributed by atoms with Crippen molar-refractivity contribution < 1.29 is 0 Å². The monoisotopic (exact) mass is 326 g/mol. The van der Waals surface area contributed by atoms with E-state index in [1.54, 1.807) is 11.1 Å². The van der Waals surface area contributed by atoms with Gasteiger partial charge < -0.3 is 0 Å². The van der Waals surface area contributed by atoms with Crippen LogP contribution in [0.2, 0.25) is 0 Å². The Morgan fingerprint density at radius 1 is 0.792 bits per heavy atom. The number of rotatable bonds is 5. The van der Waals surface area contributed by atoms with E-state index in [0.29, 0.717) is 0 Å². The Balaban J connectivity index is 1.51. The molecule has 0 bridgehead atoms. The smallest absolute Gasteiger partial charge is 0.0162 e. The Labute approximate surface area is 150 Å². The first-order valence-electron chi connectivity index (χ1n) is 10.8. The lowest BCUT2D eigenvalue weighted by Crippen LogP contribution is -2.15. The van der Waals surface area contributed by atoms with E-state index in [1.807, 2.05) is 0 Å². The third-order valence-electron chi connectivity index (χ3n) is 7.17. The lowest BCUT2D eigenvalue weighted by atomic mass is 9.75. The topological polar surface area (TPSA) is 0 Å². The molecule has 1 aromatic rings. The molecule has 1 atom stereocenters. The molecule has 0 spiro atoms. The van der Waals surface area contributed by atoms with Crippen LogP contribution in [0.1, 0.15) is 108 Å². The maximum Gasteiger partial charge on any atom is -0.0162 e. The summed E-state index contributed by atoms with van der Waals surface area (Å²) in [6.07, 6.45) is 14.2. The molecule has 0 heteroatoms. The Kier molecular flexibility index (Phi) is 6.42. The normalized spacial score (nSPS) is 32.5. The average molecular weight is 327 g/mol. The molecule has 0 N–H and O–H groups in total. The van der Waals surface area contributed by atoms with Gasteiger partial charge in [-0.15, -0.1) is 0 Å². The van der Waals surface area contributed by atoms with E-state index in [-0.39, 0.29) is 0 Å². The second kappa shape index (κ2) is 8.54. The number of benzene rings is 1. The SMILES string of the molecule is CCC(C)CC1CCC(c2ccc(C3CCC(C)CC3)cc2)CC1. The highest BCUT2D eigenvalue weighted by Gasteiger charge is 2.24. The first kappa shape index (κ1) is 18.0. The third kappa shape index (κ3) is 4.64. The summed E-state index contributed by atoms with van der Waals surface area (Å²) in [7, 11) is 0. The molecule has 0 saturated heterocycles. The molecular weight excluding hydrogens is 288 g/mol. The van der Waals surface area contributed by atoms with Gasteiger partial charge in [-0.2, -0.15) is 0 Å². The molecule has 0 aromatic heterocycles. The van der Waals surface area contributed by atoms with Crippen LogP contribution < -0.4 is 0 Å². The molecule has 0 radical (unpaired) electrons. The van der Waals surface area contributed by atoms with Crippen LogP contribution in [0, 0.1) is 17.8 Å². The molecule has 2 aliphatic rings. The van der Waals surface area contributed by atoms with Gasteiger partial charge in [-0.05, 0) is 85.7 Å². The fourth-order valence-electron chi connectivity index (χ4n) is 5.10. The van der Waals surface area contributed by atoms with E-state index in [9.17, 15) is 0 Å². The van der Waals surface area contributed by atoms with Gasteiger partial charge in [0, 0.05) is 0 Å². The lowest BCUT2D eigenvalue weighted by molar-refractivity contribution is 0.273. The Bertz CT molecular complexity index is 469. The molecule has 2 aliphatic carbocycles. The molecule has 2 saturated carbocycles. The largest absolute Gasteiger partial charge is 0.0651 e. The Hall–Kier alpha value is -0.780. The summed E-state index contributed by atoms with van der Waals surface area (Å²) in [4.78, 5) is 0. The van der Waals surface area contributed by atoms with Gasteiger partial charge in [0.1, 0.15) is 0 Å². The first-order valence-corrected chi connectivity index (χ1v) is 10.8. The summed E-state index contributed by atoms with van der Waals surface area (Å²) < 4.78 is 0. The minimum Gasteiger partial charge on any atom is -0.0651 e. The molecular formula is C24H38. The predicted octanol–water partition coefficient (Wildman–Crippen LogP) is 7.69. The van der Waals surface area contributed by atoms with Crippen molar-refractivity contribution in [3.8, 4) is 0 Å². The third-order valence-corrected chi connectivity index (χ3v) is 7.17. The van der Waals surface area contributed by atoms with Gasteiger partial charge in [0.05, 0.1) is 0 Å². The number of hydrogen-bond acceptors (Lipinski definition) is 0. The van der Waals surface area contributed by atoms with Gasteiger partial charge in [-0.3, -0.25) is 0 Å². The van der Waals surface area contributed by atoms with Crippen LogP contribution in [0.25, 0.3) is 0 Å². The van der Waals surface area contributed by atoms with Gasteiger partial charge in [0.2, 0.25) is 0 Å². The van der Waals surface area contributed by atoms with Crippen LogP contribution in [0.5, 0.6) is 0 Å². The van der Waals surface area contributed by atoms with E-state index in [0.717, 1.165) is 29.6 Å². The molecule has 0 aliphatic heterocycles. The Morgan fingerprint density at radius 2 is 1.25 bits per heavy atom. The maximum absolute atomic E-state index is 2.47. The summed E-state index contributed by atoms with van der Waals surface area (Å²) in [6, 6.07) is 9.85. The van der Waals surface area contributed by atoms with Crippen molar-refractivity contribution in [2.45, 2.75) is 96.8 Å². The van der Waals surface area contributed by atoms with Crippen molar-refractivity contribution in [2.75, 3.05) is 0 Å². The predicted molar refractivity (Wildman–Crippen MR) is 106 cm³/mol. The zero-order valence-electron chi connectivity index (χ0n) is 16.3. The highest BCUT2D eigenvalue weighted by Crippen LogP contribution is 2.40. The van der Waals surface area contributed by atoms with Crippen LogP contribution >= 0.6 is 0 Å². The van der Waals surface area contributed by atoms with Crippen LogP contribution in [0.4, 0.5) is 0 Å². The van der Waals surface area contributed by atoms with Crippen LogP contribution in [-0.2, 0) is 0 Å². The summed E-state index contributed by atoms with van der Waals surface area (Å²) in [5.74, 6) is 4.54. The zero-order valence-corrected chi connectivity index (χ0v) is 16.3. The minimum atomic E-state index is 0.832. The van der Waals surface area contributed by atoms with Crippen molar-refractivity contribution in [3.05, 3.63) is 35.4 Å². The maximum atomic E-state index is 2.47. The molecule has 24 heavy (non-hydrogen) atoms. The van der Waals surface area contributed by atoms with Gasteiger partial charge in [0.15, 0.2) is 0 Å². The van der Waals surface area contributed by atoms with Crippen molar-refractivity contribution in [1.82, 2.24) is 0 Å². The summed E-state index contributed by atoms with van der Waals surface area (Å²) in [6.45, 7) is 7.18. The first-order chi connectivity index (χ1) is 11.7. The molecule has 0 amide bonds. The molecule has 0 heterocycles. The second-order valence-electron chi connectivity index (χ2n) is 9.09. The van der Waals surface area contributed by atoms with Gasteiger partial charge in [-0.1, -0.05) is 64.3 Å². The van der Waals surface area contributed by atoms with E-state index < -0.39 is 0 Å². The van der Waals surface area contributed by atoms with E-state index in [1.165, 1.54) is 64.2 Å². The number of hydrogen-bond donors (Lipinski definition) is 0. The molecule has 134 valence electrons. The standard InChI is InChI=1S/C24H38/c1-4-18(2)17-20-7-11-22(12-8-20)24-15-13-23(14-16-24)21-9-5-19(3)6-10-21/h13-16,18-22H,4-12,17H2,1-3H3. The second-order valence-corrected chi connectivity index (χ2v) is 9.09. The summed E-state index contributed by atoms with van der Waals surface area (Å²) in [5.41, 5.74) is 3.22. The van der Waals surface area contributed by atoms with Gasteiger partial charge in [-0.25, -0.2) is 0 Å². The molecule has 0 nitrogen and oxygen atoms in total. The van der Waals surface area contributed by atoms with E-state index >= 15 is 0 Å². The lowest BCUT2D eigenvalue weighted by Gasteiger charge is -2.31. The van der Waals surface area contributed by atoms with Crippen molar-refractivity contribution >= 4 is 0 Å². The Morgan fingerprint density at radius 3 is 1.71 bits per heavy atom. The fraction of sp³-hybridized carbons (Fsp3) is 0.750. The van der Waals surface area contributed by atoms with Crippen molar-refractivity contribution in [1.29, 1.82) is 0 Å². The zero-order chi connectivity index (χ0) is 16.9. The van der Waals surface area contributed by atoms with Crippen LogP contribution in [-0.4, -0.2) is 0 Å². The fourth-order valence-corrected chi connectivity index (χ4v) is 5.10. The molecule has 1 unspecified atom stereocenters. The quantitative estimate of drug-likeness (QED) is 0.520. The van der Waals surface area contributed by atoms with Crippen molar-refractivity contribution in [2.24, 2.45) is 17.8 Å². The highest BCUT2D eigenvalue weighted by molar-refractivity contribution is 5.28. The van der Waals surface area contributed by atoms with E-state index in [2.05, 4.69) is 45.0 Å². The summed E-state index contributed by atoms with van der Waals surface area (Å²) >= 11 is 0. The van der Waals surface area contributed by atoms with Gasteiger partial charge >= 0.3 is 0 Å². The van der Waals surface area contributed by atoms with Crippen LogP contribution in [0.3, 0.4) is 0 Å². The molecule has 1 aromatic carbocycles. The minimum absolute atomic E-state index is 0.832. The highest BCUT2D eigenvalue weighted by atomic mass is 14.3. The molecule has 3 rings (SSSR count). The van der Waals surface area contributed by atoms with E-state index in [4.69, 9.17) is 0 Å². The average Bonchev–Trinajstić information content (AvgIpc) is 2.63. The summed E-state index contributed by atoms with van der Waals surface area (Å²) in [5, 5.41) is 0. The van der Waals surface area contributed by atoms with Gasteiger partial charge in [0.25, 0.3) is 0 Å². The van der Waals surface area contributed by atoms with Crippen molar-refractivity contribution in [3.63, 3.8) is 0 Å². The van der Waals surface area contributed by atoms with Crippen LogP contribution in [0.15, 0.2) is 24.3 Å².